The van der Waals surface area contributed by atoms with Crippen LogP contribution in [-0.2, 0) is 14.3 Å². The lowest BCUT2D eigenvalue weighted by Crippen LogP contribution is -2.58. The highest BCUT2D eigenvalue weighted by Gasteiger charge is 2.47. The van der Waals surface area contributed by atoms with Gasteiger partial charge < -0.3 is 9.47 Å². The van der Waals surface area contributed by atoms with Gasteiger partial charge in [0, 0.05) is 19.1 Å². The molecule has 1 aliphatic carbocycles. The number of carbonyl (C=O) groups is 1. The van der Waals surface area contributed by atoms with Crippen molar-refractivity contribution >= 4 is 5.97 Å². The van der Waals surface area contributed by atoms with E-state index in [-0.39, 0.29) is 12.1 Å². The molecule has 1 N–H and O–H groups in total. The van der Waals surface area contributed by atoms with Crippen LogP contribution in [0.5, 0.6) is 0 Å². The summed E-state index contributed by atoms with van der Waals surface area (Å²) in [4.78, 5) is 12.3. The second-order valence-electron chi connectivity index (χ2n) is 5.46. The maximum atomic E-state index is 12.3. The van der Waals surface area contributed by atoms with E-state index >= 15 is 0 Å². The van der Waals surface area contributed by atoms with E-state index in [1.54, 1.807) is 0 Å². The summed E-state index contributed by atoms with van der Waals surface area (Å²) >= 11 is 0. The number of rotatable bonds is 6. The molecule has 4 nitrogen and oxygen atoms in total. The van der Waals surface area contributed by atoms with E-state index in [1.165, 1.54) is 12.8 Å². The van der Waals surface area contributed by atoms with Gasteiger partial charge in [0.05, 0.1) is 12.7 Å². The average molecular weight is 255 g/mol. The predicted octanol–water partition coefficient (Wildman–Crippen LogP) is 2.02. The van der Waals surface area contributed by atoms with Gasteiger partial charge in [0.15, 0.2) is 0 Å². The van der Waals surface area contributed by atoms with Crippen LogP contribution in [0.1, 0.15) is 52.4 Å². The summed E-state index contributed by atoms with van der Waals surface area (Å²) in [6, 6.07) is 0.509. The molecule has 2 fully saturated rings. The maximum Gasteiger partial charge on any atom is 0.326 e. The second-order valence-corrected chi connectivity index (χ2v) is 5.46. The first-order chi connectivity index (χ1) is 8.70. The molecule has 1 saturated carbocycles. The monoisotopic (exact) mass is 255 g/mol. The van der Waals surface area contributed by atoms with Crippen molar-refractivity contribution in [2.24, 2.45) is 0 Å². The molecular weight excluding hydrogens is 230 g/mol. The number of nitrogens with one attached hydrogen (secondary N) is 1. The minimum absolute atomic E-state index is 0.0821. The largest absolute Gasteiger partial charge is 0.465 e. The zero-order chi connectivity index (χ0) is 13.0. The van der Waals surface area contributed by atoms with Crippen LogP contribution in [0.3, 0.4) is 0 Å². The molecule has 0 bridgehead atoms. The van der Waals surface area contributed by atoms with Crippen LogP contribution in [0.15, 0.2) is 0 Å². The van der Waals surface area contributed by atoms with E-state index in [1.807, 2.05) is 6.92 Å². The number of esters is 1. The van der Waals surface area contributed by atoms with Gasteiger partial charge in [0.2, 0.25) is 0 Å². The van der Waals surface area contributed by atoms with Crippen LogP contribution in [0.25, 0.3) is 0 Å². The normalized spacial score (nSPS) is 32.2. The quantitative estimate of drug-likeness (QED) is 0.738. The molecule has 4 heteroatoms. The van der Waals surface area contributed by atoms with E-state index in [0.29, 0.717) is 19.3 Å². The molecule has 2 unspecified atom stereocenters. The first kappa shape index (κ1) is 13.8. The fraction of sp³-hybridized carbons (Fsp3) is 0.929. The highest BCUT2D eigenvalue weighted by molar-refractivity contribution is 5.81. The number of hydrogen-bond donors (Lipinski definition) is 1. The summed E-state index contributed by atoms with van der Waals surface area (Å²) in [6.45, 7) is 5.12. The third kappa shape index (κ3) is 3.23. The Kier molecular flexibility index (Phi) is 4.62. The van der Waals surface area contributed by atoms with Crippen molar-refractivity contribution in [3.8, 4) is 0 Å². The molecule has 0 spiro atoms. The van der Waals surface area contributed by atoms with Crippen LogP contribution in [0, 0.1) is 0 Å². The van der Waals surface area contributed by atoms with E-state index < -0.39 is 5.54 Å². The van der Waals surface area contributed by atoms with Crippen LogP contribution >= 0.6 is 0 Å². The summed E-state index contributed by atoms with van der Waals surface area (Å²) in [6.07, 6.45) is 6.17. The molecule has 0 aromatic heterocycles. The van der Waals surface area contributed by atoms with Crippen molar-refractivity contribution in [1.82, 2.24) is 5.32 Å². The molecule has 0 radical (unpaired) electrons. The van der Waals surface area contributed by atoms with E-state index in [4.69, 9.17) is 9.47 Å². The standard InChI is InChI=1S/C14H25NO3/c1-3-5-12-10-14(8-9-18-12,13(16)17-4-2)15-11-6-7-11/h11-12,15H,3-10H2,1-2H3. The topological polar surface area (TPSA) is 47.6 Å². The van der Waals surface area contributed by atoms with Crippen molar-refractivity contribution in [2.75, 3.05) is 13.2 Å². The average Bonchev–Trinajstić information content (AvgIpc) is 3.14. The molecule has 0 aromatic rings. The Morgan fingerprint density at radius 3 is 2.83 bits per heavy atom. The van der Waals surface area contributed by atoms with Crippen molar-refractivity contribution < 1.29 is 14.3 Å². The Balaban J connectivity index is 2.04. The van der Waals surface area contributed by atoms with E-state index in [2.05, 4.69) is 12.2 Å². The summed E-state index contributed by atoms with van der Waals surface area (Å²) < 4.78 is 11.0. The minimum atomic E-state index is -0.491. The smallest absolute Gasteiger partial charge is 0.326 e. The third-order valence-corrected chi connectivity index (χ3v) is 3.79. The zero-order valence-electron chi connectivity index (χ0n) is 11.5. The lowest BCUT2D eigenvalue weighted by atomic mass is 9.85. The van der Waals surface area contributed by atoms with Crippen LogP contribution in [-0.4, -0.2) is 36.9 Å². The Labute approximate surface area is 109 Å². The second kappa shape index (κ2) is 6.02. The summed E-state index contributed by atoms with van der Waals surface area (Å²) in [5.41, 5.74) is -0.491. The Bertz CT molecular complexity index is 289. The molecule has 1 aliphatic heterocycles. The Morgan fingerprint density at radius 2 is 2.22 bits per heavy atom. The SMILES string of the molecule is CCCC1CC(NC2CC2)(C(=O)OCC)CCO1. The molecule has 1 saturated heterocycles. The Morgan fingerprint density at radius 1 is 1.44 bits per heavy atom. The molecule has 0 amide bonds. The first-order valence-corrected chi connectivity index (χ1v) is 7.26. The predicted molar refractivity (Wildman–Crippen MR) is 69.4 cm³/mol. The highest BCUT2D eigenvalue weighted by atomic mass is 16.5. The maximum absolute atomic E-state index is 12.3. The molecular formula is C14H25NO3. The van der Waals surface area contributed by atoms with Gasteiger partial charge in [-0.1, -0.05) is 13.3 Å². The number of ether oxygens (including phenoxy) is 2. The first-order valence-electron chi connectivity index (χ1n) is 7.26. The minimum Gasteiger partial charge on any atom is -0.465 e. The van der Waals surface area contributed by atoms with E-state index in [9.17, 15) is 4.79 Å². The lowest BCUT2D eigenvalue weighted by Gasteiger charge is -2.39. The van der Waals surface area contributed by atoms with Gasteiger partial charge in [-0.15, -0.1) is 0 Å². The van der Waals surface area contributed by atoms with Crippen molar-refractivity contribution in [3.05, 3.63) is 0 Å². The van der Waals surface area contributed by atoms with Crippen LogP contribution in [0.2, 0.25) is 0 Å². The van der Waals surface area contributed by atoms with Crippen molar-refractivity contribution in [3.63, 3.8) is 0 Å². The van der Waals surface area contributed by atoms with Crippen LogP contribution in [0.4, 0.5) is 0 Å². The van der Waals surface area contributed by atoms with Gasteiger partial charge in [-0.2, -0.15) is 0 Å². The fourth-order valence-corrected chi connectivity index (χ4v) is 2.72. The fourth-order valence-electron chi connectivity index (χ4n) is 2.72. The van der Waals surface area contributed by atoms with Crippen molar-refractivity contribution in [1.29, 1.82) is 0 Å². The van der Waals surface area contributed by atoms with Gasteiger partial charge in [-0.3, -0.25) is 10.1 Å². The number of hydrogen-bond acceptors (Lipinski definition) is 4. The molecule has 2 rings (SSSR count). The van der Waals surface area contributed by atoms with E-state index in [0.717, 1.165) is 25.7 Å². The van der Waals surface area contributed by atoms with Gasteiger partial charge in [0.25, 0.3) is 0 Å². The highest BCUT2D eigenvalue weighted by Crippen LogP contribution is 2.32. The molecule has 18 heavy (non-hydrogen) atoms. The summed E-state index contributed by atoms with van der Waals surface area (Å²) in [5.74, 6) is -0.0821. The zero-order valence-corrected chi connectivity index (χ0v) is 11.5. The summed E-state index contributed by atoms with van der Waals surface area (Å²) in [5, 5.41) is 3.52. The molecule has 2 aliphatic rings. The van der Waals surface area contributed by atoms with Gasteiger partial charge >= 0.3 is 5.97 Å². The molecule has 1 heterocycles. The third-order valence-electron chi connectivity index (χ3n) is 3.79. The molecule has 104 valence electrons. The van der Waals surface area contributed by atoms with Gasteiger partial charge in [-0.05, 0) is 32.6 Å². The molecule has 0 aromatic carbocycles. The number of carbonyl (C=O) groups excluding carboxylic acids is 1. The molecule has 2 atom stereocenters. The van der Waals surface area contributed by atoms with Crippen LogP contribution < -0.4 is 5.32 Å². The van der Waals surface area contributed by atoms with Crippen molar-refractivity contribution in [2.45, 2.75) is 70.1 Å². The van der Waals surface area contributed by atoms with Gasteiger partial charge in [-0.25, -0.2) is 0 Å². The lowest BCUT2D eigenvalue weighted by molar-refractivity contribution is -0.158. The Hall–Kier alpha value is -0.610. The summed E-state index contributed by atoms with van der Waals surface area (Å²) in [7, 11) is 0. The van der Waals surface area contributed by atoms with Gasteiger partial charge in [0.1, 0.15) is 5.54 Å².